The highest BCUT2D eigenvalue weighted by Gasteiger charge is 2.35. The van der Waals surface area contributed by atoms with Gasteiger partial charge in [0, 0.05) is 0 Å². The Morgan fingerprint density at radius 2 is 1.62 bits per heavy atom. The fourth-order valence-electron chi connectivity index (χ4n) is 2.29. The van der Waals surface area contributed by atoms with E-state index in [0.29, 0.717) is 6.07 Å². The number of para-hydroxylation sites is 1. The molecule has 2 aromatic carbocycles. The standard InChI is InChI=1S/C17H9Cl2F3N2O4S/c18-13-9-23-24(16(25)15(13)19)10-5-7-11(8-6-10)29(26,27)28-14-4-2-1-3-12(14)17(20,21)22/h1-9H. The number of rotatable bonds is 4. The van der Waals surface area contributed by atoms with Crippen LogP contribution in [0.5, 0.6) is 5.75 Å². The van der Waals surface area contributed by atoms with Gasteiger partial charge in [0.1, 0.15) is 9.92 Å². The van der Waals surface area contributed by atoms with Gasteiger partial charge in [-0.2, -0.15) is 31.4 Å². The van der Waals surface area contributed by atoms with Gasteiger partial charge in [0.2, 0.25) is 0 Å². The van der Waals surface area contributed by atoms with E-state index in [1.54, 1.807) is 0 Å². The van der Waals surface area contributed by atoms with Gasteiger partial charge in [-0.25, -0.2) is 0 Å². The zero-order valence-electron chi connectivity index (χ0n) is 14.0. The van der Waals surface area contributed by atoms with Crippen LogP contribution in [0.4, 0.5) is 13.2 Å². The van der Waals surface area contributed by atoms with Crippen molar-refractivity contribution in [2.45, 2.75) is 11.1 Å². The molecule has 0 aliphatic heterocycles. The Morgan fingerprint density at radius 1 is 1.00 bits per heavy atom. The number of alkyl halides is 3. The lowest BCUT2D eigenvalue weighted by molar-refractivity contribution is -0.138. The highest BCUT2D eigenvalue weighted by molar-refractivity contribution is 7.87. The zero-order valence-corrected chi connectivity index (χ0v) is 16.3. The molecular weight excluding hydrogens is 456 g/mol. The van der Waals surface area contributed by atoms with Gasteiger partial charge in [0.05, 0.1) is 22.5 Å². The van der Waals surface area contributed by atoms with E-state index in [1.165, 1.54) is 18.2 Å². The molecule has 1 aromatic heterocycles. The Morgan fingerprint density at radius 3 is 2.24 bits per heavy atom. The summed E-state index contributed by atoms with van der Waals surface area (Å²) < 4.78 is 69.4. The van der Waals surface area contributed by atoms with Crippen LogP contribution in [-0.4, -0.2) is 18.2 Å². The monoisotopic (exact) mass is 464 g/mol. The summed E-state index contributed by atoms with van der Waals surface area (Å²) in [5.41, 5.74) is -1.81. The maximum atomic E-state index is 13.0. The molecule has 0 amide bonds. The van der Waals surface area contributed by atoms with Gasteiger partial charge in [-0.1, -0.05) is 35.3 Å². The summed E-state index contributed by atoms with van der Waals surface area (Å²) in [6, 6.07) is 8.46. The number of halogens is 5. The Bertz CT molecular complexity index is 1230. The van der Waals surface area contributed by atoms with E-state index < -0.39 is 38.1 Å². The minimum absolute atomic E-state index is 0.0520. The highest BCUT2D eigenvalue weighted by Crippen LogP contribution is 2.37. The molecule has 12 heteroatoms. The first-order valence-corrected chi connectivity index (χ1v) is 9.81. The van der Waals surface area contributed by atoms with Gasteiger partial charge in [-0.05, 0) is 36.4 Å². The molecule has 0 fully saturated rings. The van der Waals surface area contributed by atoms with Crippen molar-refractivity contribution < 1.29 is 25.8 Å². The van der Waals surface area contributed by atoms with Gasteiger partial charge in [0.25, 0.3) is 5.56 Å². The summed E-state index contributed by atoms with van der Waals surface area (Å²) in [6.45, 7) is 0. The smallest absolute Gasteiger partial charge is 0.378 e. The normalized spacial score (nSPS) is 12.0. The molecule has 0 aliphatic rings. The fourth-order valence-corrected chi connectivity index (χ4v) is 3.49. The van der Waals surface area contributed by atoms with E-state index in [2.05, 4.69) is 9.28 Å². The average molecular weight is 465 g/mol. The fraction of sp³-hybridized carbons (Fsp3) is 0.0588. The first-order chi connectivity index (χ1) is 13.5. The van der Waals surface area contributed by atoms with E-state index in [4.69, 9.17) is 23.2 Å². The highest BCUT2D eigenvalue weighted by atomic mass is 35.5. The van der Waals surface area contributed by atoms with Gasteiger partial charge in [0.15, 0.2) is 5.75 Å². The van der Waals surface area contributed by atoms with Crippen LogP contribution in [0.1, 0.15) is 5.56 Å². The van der Waals surface area contributed by atoms with Crippen molar-refractivity contribution >= 4 is 33.3 Å². The zero-order chi connectivity index (χ0) is 21.4. The maximum Gasteiger partial charge on any atom is 0.420 e. The molecule has 0 N–H and O–H groups in total. The van der Waals surface area contributed by atoms with Crippen LogP contribution in [0.25, 0.3) is 5.69 Å². The Hall–Kier alpha value is -2.56. The molecule has 0 atom stereocenters. The van der Waals surface area contributed by atoms with Crippen LogP contribution in [0.15, 0.2) is 64.4 Å². The van der Waals surface area contributed by atoms with Crippen LogP contribution >= 0.6 is 23.2 Å². The number of nitrogens with zero attached hydrogens (tertiary/aromatic N) is 2. The molecule has 152 valence electrons. The molecule has 0 radical (unpaired) electrons. The minimum Gasteiger partial charge on any atom is -0.378 e. The summed E-state index contributed by atoms with van der Waals surface area (Å²) >= 11 is 11.5. The molecule has 3 rings (SSSR count). The second kappa shape index (κ2) is 7.69. The summed E-state index contributed by atoms with van der Waals surface area (Å²) in [4.78, 5) is 11.7. The molecule has 6 nitrogen and oxygen atoms in total. The first-order valence-electron chi connectivity index (χ1n) is 7.65. The molecule has 0 spiro atoms. The third-order valence-corrected chi connectivity index (χ3v) is 5.64. The van der Waals surface area contributed by atoms with Crippen LogP contribution in [0.2, 0.25) is 10.0 Å². The van der Waals surface area contributed by atoms with E-state index in [-0.39, 0.29) is 15.7 Å². The Kier molecular flexibility index (Phi) is 5.61. The van der Waals surface area contributed by atoms with Crippen LogP contribution in [-0.2, 0) is 16.3 Å². The molecular formula is C17H9Cl2F3N2O4S. The largest absolute Gasteiger partial charge is 0.420 e. The molecule has 0 aliphatic carbocycles. The number of hydrogen-bond acceptors (Lipinski definition) is 5. The summed E-state index contributed by atoms with van der Waals surface area (Å²) in [5, 5.41) is 3.46. The van der Waals surface area contributed by atoms with Crippen molar-refractivity contribution in [3.8, 4) is 11.4 Å². The van der Waals surface area contributed by atoms with Crippen LogP contribution in [0.3, 0.4) is 0 Å². The second-order valence-electron chi connectivity index (χ2n) is 5.55. The van der Waals surface area contributed by atoms with Crippen molar-refractivity contribution in [3.63, 3.8) is 0 Å². The molecule has 0 unspecified atom stereocenters. The predicted octanol–water partition coefficient (Wildman–Crippen LogP) is 4.33. The second-order valence-corrected chi connectivity index (χ2v) is 7.88. The van der Waals surface area contributed by atoms with Gasteiger partial charge in [-0.3, -0.25) is 4.79 Å². The number of benzene rings is 2. The number of hydrogen-bond donors (Lipinski definition) is 0. The molecule has 0 saturated heterocycles. The SMILES string of the molecule is O=c1c(Cl)c(Cl)cnn1-c1ccc(S(=O)(=O)Oc2ccccc2C(F)(F)F)cc1. The lowest BCUT2D eigenvalue weighted by Crippen LogP contribution is -2.21. The maximum absolute atomic E-state index is 13.0. The van der Waals surface area contributed by atoms with Gasteiger partial charge in [-0.15, -0.1) is 0 Å². The van der Waals surface area contributed by atoms with Gasteiger partial charge < -0.3 is 4.18 Å². The van der Waals surface area contributed by atoms with Crippen molar-refractivity contribution in [2.24, 2.45) is 0 Å². The number of aromatic nitrogens is 2. The van der Waals surface area contributed by atoms with E-state index in [1.807, 2.05) is 0 Å². The van der Waals surface area contributed by atoms with E-state index in [0.717, 1.165) is 35.1 Å². The van der Waals surface area contributed by atoms with Crippen molar-refractivity contribution in [1.29, 1.82) is 0 Å². The predicted molar refractivity (Wildman–Crippen MR) is 99.1 cm³/mol. The Labute approximate surface area is 172 Å². The van der Waals surface area contributed by atoms with Crippen LogP contribution in [0, 0.1) is 0 Å². The Balaban J connectivity index is 1.95. The summed E-state index contributed by atoms with van der Waals surface area (Å²) in [6.07, 6.45) is -3.66. The molecule has 1 heterocycles. The van der Waals surface area contributed by atoms with E-state index in [9.17, 15) is 26.4 Å². The quantitative estimate of drug-likeness (QED) is 0.537. The van der Waals surface area contributed by atoms with Crippen molar-refractivity contribution in [1.82, 2.24) is 9.78 Å². The minimum atomic E-state index is -4.79. The van der Waals surface area contributed by atoms with Crippen LogP contribution < -0.4 is 9.74 Å². The molecule has 0 saturated carbocycles. The molecule has 3 aromatic rings. The first kappa shape index (κ1) is 21.2. The summed E-state index contributed by atoms with van der Waals surface area (Å²) in [7, 11) is -4.58. The topological polar surface area (TPSA) is 78.3 Å². The van der Waals surface area contributed by atoms with Gasteiger partial charge >= 0.3 is 16.3 Å². The third kappa shape index (κ3) is 4.39. The molecule has 0 bridgehead atoms. The lowest BCUT2D eigenvalue weighted by atomic mass is 10.2. The summed E-state index contributed by atoms with van der Waals surface area (Å²) in [5.74, 6) is -0.855. The van der Waals surface area contributed by atoms with E-state index >= 15 is 0 Å². The molecule has 29 heavy (non-hydrogen) atoms. The average Bonchev–Trinajstić information content (AvgIpc) is 2.66. The lowest BCUT2D eigenvalue weighted by Gasteiger charge is -2.13. The third-order valence-electron chi connectivity index (χ3n) is 3.64. The van der Waals surface area contributed by atoms with Crippen molar-refractivity contribution in [3.05, 3.63) is 80.7 Å². The van der Waals surface area contributed by atoms with Crippen molar-refractivity contribution in [2.75, 3.05) is 0 Å².